The van der Waals surface area contributed by atoms with Crippen molar-refractivity contribution in [3.05, 3.63) is 21.8 Å². The SMILES string of the molecule is Nc1c(Cl)ncn(CC(=O)N2CCCCCC2)c1=O. The van der Waals surface area contributed by atoms with Gasteiger partial charge in [0.15, 0.2) is 5.15 Å². The van der Waals surface area contributed by atoms with Crippen LogP contribution in [0, 0.1) is 0 Å². The molecule has 0 saturated carbocycles. The van der Waals surface area contributed by atoms with Crippen molar-refractivity contribution in [1.29, 1.82) is 0 Å². The van der Waals surface area contributed by atoms with E-state index < -0.39 is 5.56 Å². The Labute approximate surface area is 116 Å². The lowest BCUT2D eigenvalue weighted by Gasteiger charge is -2.20. The highest BCUT2D eigenvalue weighted by Gasteiger charge is 2.17. The first kappa shape index (κ1) is 13.9. The van der Waals surface area contributed by atoms with Gasteiger partial charge in [-0.15, -0.1) is 0 Å². The zero-order valence-corrected chi connectivity index (χ0v) is 11.4. The Kier molecular flexibility index (Phi) is 4.42. The summed E-state index contributed by atoms with van der Waals surface area (Å²) in [5, 5.41) is -0.0246. The Hall–Kier alpha value is -1.56. The molecular weight excluding hydrogens is 268 g/mol. The van der Waals surface area contributed by atoms with E-state index in [0.29, 0.717) is 0 Å². The van der Waals surface area contributed by atoms with Gasteiger partial charge in [-0.25, -0.2) is 4.98 Å². The molecule has 1 amide bonds. The van der Waals surface area contributed by atoms with Gasteiger partial charge in [-0.1, -0.05) is 24.4 Å². The fourth-order valence-electron chi connectivity index (χ4n) is 2.16. The summed E-state index contributed by atoms with van der Waals surface area (Å²) in [4.78, 5) is 29.5. The van der Waals surface area contributed by atoms with Crippen LogP contribution in [0.5, 0.6) is 0 Å². The second-order valence-corrected chi connectivity index (χ2v) is 5.04. The number of likely N-dealkylation sites (tertiary alicyclic amines) is 1. The van der Waals surface area contributed by atoms with Gasteiger partial charge in [-0.3, -0.25) is 14.2 Å². The minimum absolute atomic E-state index is 0.0246. The lowest BCUT2D eigenvalue weighted by Crippen LogP contribution is -2.37. The normalized spacial score (nSPS) is 16.2. The van der Waals surface area contributed by atoms with Gasteiger partial charge in [0.2, 0.25) is 5.91 Å². The summed E-state index contributed by atoms with van der Waals surface area (Å²) in [7, 11) is 0. The lowest BCUT2D eigenvalue weighted by atomic mass is 10.2. The van der Waals surface area contributed by atoms with E-state index in [1.165, 1.54) is 10.9 Å². The minimum atomic E-state index is -0.469. The van der Waals surface area contributed by atoms with Crippen LogP contribution in [0.15, 0.2) is 11.1 Å². The number of hydrogen-bond acceptors (Lipinski definition) is 4. The van der Waals surface area contributed by atoms with Crippen LogP contribution in [-0.2, 0) is 11.3 Å². The molecule has 0 atom stereocenters. The van der Waals surface area contributed by atoms with Crippen LogP contribution in [0.4, 0.5) is 5.69 Å². The van der Waals surface area contributed by atoms with E-state index >= 15 is 0 Å². The zero-order valence-electron chi connectivity index (χ0n) is 10.6. The summed E-state index contributed by atoms with van der Waals surface area (Å²) in [5.74, 6) is -0.0764. The van der Waals surface area contributed by atoms with Crippen LogP contribution < -0.4 is 11.3 Å². The third kappa shape index (κ3) is 3.26. The molecule has 6 nitrogen and oxygen atoms in total. The van der Waals surface area contributed by atoms with Gasteiger partial charge in [0.05, 0.1) is 6.33 Å². The lowest BCUT2D eigenvalue weighted by molar-refractivity contribution is -0.131. The predicted octanol–water partition coefficient (Wildman–Crippen LogP) is 0.881. The molecule has 2 N–H and O–H groups in total. The number of anilines is 1. The molecule has 7 heteroatoms. The van der Waals surface area contributed by atoms with Crippen molar-refractivity contribution < 1.29 is 4.79 Å². The summed E-state index contributed by atoms with van der Waals surface area (Å²) in [5.41, 5.74) is 4.92. The van der Waals surface area contributed by atoms with E-state index in [1.807, 2.05) is 0 Å². The smallest absolute Gasteiger partial charge is 0.278 e. The molecule has 1 saturated heterocycles. The highest BCUT2D eigenvalue weighted by molar-refractivity contribution is 6.31. The van der Waals surface area contributed by atoms with E-state index in [2.05, 4.69) is 4.98 Å². The van der Waals surface area contributed by atoms with E-state index in [1.54, 1.807) is 4.90 Å². The molecule has 0 aromatic carbocycles. The van der Waals surface area contributed by atoms with Crippen molar-refractivity contribution in [3.8, 4) is 0 Å². The van der Waals surface area contributed by atoms with Crippen LogP contribution in [0.25, 0.3) is 0 Å². The molecule has 1 aliphatic heterocycles. The molecule has 0 aliphatic carbocycles. The molecule has 0 bridgehead atoms. The maximum Gasteiger partial charge on any atom is 0.278 e. The van der Waals surface area contributed by atoms with Crippen LogP contribution in [-0.4, -0.2) is 33.4 Å². The summed E-state index contributed by atoms with van der Waals surface area (Å²) >= 11 is 5.65. The van der Waals surface area contributed by atoms with Crippen molar-refractivity contribution in [2.45, 2.75) is 32.2 Å². The molecular formula is C12H17ClN4O2. The molecule has 19 heavy (non-hydrogen) atoms. The van der Waals surface area contributed by atoms with E-state index in [9.17, 15) is 9.59 Å². The number of nitrogen functional groups attached to an aromatic ring is 1. The largest absolute Gasteiger partial charge is 0.392 e. The molecule has 0 unspecified atom stereocenters. The number of aromatic nitrogens is 2. The number of rotatable bonds is 2. The monoisotopic (exact) mass is 284 g/mol. The van der Waals surface area contributed by atoms with Crippen molar-refractivity contribution in [1.82, 2.24) is 14.5 Å². The molecule has 2 heterocycles. The molecule has 0 radical (unpaired) electrons. The van der Waals surface area contributed by atoms with Crippen LogP contribution in [0.3, 0.4) is 0 Å². The number of hydrogen-bond donors (Lipinski definition) is 1. The Balaban J connectivity index is 2.10. The first-order valence-corrected chi connectivity index (χ1v) is 6.75. The first-order chi connectivity index (χ1) is 9.09. The van der Waals surface area contributed by atoms with Crippen molar-refractivity contribution in [3.63, 3.8) is 0 Å². The number of nitrogens with two attached hydrogens (primary N) is 1. The third-order valence-electron chi connectivity index (χ3n) is 3.29. The fraction of sp³-hybridized carbons (Fsp3) is 0.583. The average Bonchev–Trinajstić information content (AvgIpc) is 2.68. The number of nitrogens with zero attached hydrogens (tertiary/aromatic N) is 3. The maximum atomic E-state index is 12.1. The Bertz CT molecular complexity index is 521. The second-order valence-electron chi connectivity index (χ2n) is 4.68. The molecule has 104 valence electrons. The van der Waals surface area contributed by atoms with Crippen LogP contribution in [0.2, 0.25) is 5.15 Å². The quantitative estimate of drug-likeness (QED) is 0.818. The van der Waals surface area contributed by atoms with Gasteiger partial charge in [-0.05, 0) is 12.8 Å². The summed E-state index contributed by atoms with van der Waals surface area (Å²) in [6, 6.07) is 0. The highest BCUT2D eigenvalue weighted by atomic mass is 35.5. The summed E-state index contributed by atoms with van der Waals surface area (Å²) < 4.78 is 1.20. The van der Waals surface area contributed by atoms with Gasteiger partial charge < -0.3 is 10.6 Å². The van der Waals surface area contributed by atoms with Gasteiger partial charge in [0.1, 0.15) is 12.2 Å². The molecule has 1 aromatic heterocycles. The first-order valence-electron chi connectivity index (χ1n) is 6.38. The molecule has 0 spiro atoms. The second kappa shape index (κ2) is 6.06. The van der Waals surface area contributed by atoms with Crippen molar-refractivity contribution >= 4 is 23.2 Å². The molecule has 1 aliphatic rings. The Morgan fingerprint density at radius 1 is 1.32 bits per heavy atom. The topological polar surface area (TPSA) is 81.2 Å². The van der Waals surface area contributed by atoms with E-state index in [-0.39, 0.29) is 23.3 Å². The predicted molar refractivity (Wildman–Crippen MR) is 73.0 cm³/mol. The van der Waals surface area contributed by atoms with Crippen LogP contribution >= 0.6 is 11.6 Å². The summed E-state index contributed by atoms with van der Waals surface area (Å²) in [6.45, 7) is 1.47. The number of amides is 1. The highest BCUT2D eigenvalue weighted by Crippen LogP contribution is 2.11. The fourth-order valence-corrected chi connectivity index (χ4v) is 2.29. The molecule has 1 aromatic rings. The summed E-state index contributed by atoms with van der Waals surface area (Å²) in [6.07, 6.45) is 5.60. The number of carbonyl (C=O) groups is 1. The standard InChI is InChI=1S/C12H17ClN4O2/c13-11-10(14)12(19)17(8-15-11)7-9(18)16-5-3-1-2-4-6-16/h8H,1-7,14H2. The van der Waals surface area contributed by atoms with Crippen molar-refractivity contribution in [2.75, 3.05) is 18.8 Å². The Morgan fingerprint density at radius 3 is 2.58 bits per heavy atom. The van der Waals surface area contributed by atoms with E-state index in [0.717, 1.165) is 38.8 Å². The minimum Gasteiger partial charge on any atom is -0.392 e. The van der Waals surface area contributed by atoms with Gasteiger partial charge >= 0.3 is 0 Å². The van der Waals surface area contributed by atoms with E-state index in [4.69, 9.17) is 17.3 Å². The number of carbonyl (C=O) groups excluding carboxylic acids is 1. The molecule has 1 fully saturated rings. The van der Waals surface area contributed by atoms with Gasteiger partial charge in [-0.2, -0.15) is 0 Å². The van der Waals surface area contributed by atoms with Crippen LogP contribution in [0.1, 0.15) is 25.7 Å². The third-order valence-corrected chi connectivity index (χ3v) is 3.59. The zero-order chi connectivity index (χ0) is 13.8. The number of halogens is 1. The van der Waals surface area contributed by atoms with Gasteiger partial charge in [0, 0.05) is 13.1 Å². The average molecular weight is 285 g/mol. The van der Waals surface area contributed by atoms with Gasteiger partial charge in [0.25, 0.3) is 5.56 Å². The maximum absolute atomic E-state index is 12.1. The Morgan fingerprint density at radius 2 is 1.95 bits per heavy atom. The van der Waals surface area contributed by atoms with Crippen molar-refractivity contribution in [2.24, 2.45) is 0 Å². The molecule has 2 rings (SSSR count).